The molecule has 0 bridgehead atoms. The summed E-state index contributed by atoms with van der Waals surface area (Å²) >= 11 is 1.54. The molecule has 4 aromatic rings. The van der Waals surface area contributed by atoms with Crippen LogP contribution in [-0.4, -0.2) is 31.4 Å². The SMILES string of the molecule is Cc1ccc(-c2csc3ncnc(N/N=C/c4c(CO)cnc(C)c4O)c23)cc1. The molecule has 0 unspecified atom stereocenters. The first kappa shape index (κ1) is 19.0. The minimum Gasteiger partial charge on any atom is -0.505 e. The molecule has 7 nitrogen and oxygen atoms in total. The van der Waals surface area contributed by atoms with Crippen LogP contribution < -0.4 is 5.43 Å². The van der Waals surface area contributed by atoms with Crippen LogP contribution in [0.4, 0.5) is 5.82 Å². The number of fused-ring (bicyclic) bond motifs is 1. The van der Waals surface area contributed by atoms with Crippen molar-refractivity contribution in [2.45, 2.75) is 20.5 Å². The number of thiophene rings is 1. The van der Waals surface area contributed by atoms with Gasteiger partial charge in [-0.25, -0.2) is 9.97 Å². The molecule has 3 N–H and O–H groups in total. The smallest absolute Gasteiger partial charge is 0.159 e. The van der Waals surface area contributed by atoms with E-state index in [4.69, 9.17) is 0 Å². The van der Waals surface area contributed by atoms with Gasteiger partial charge in [0.15, 0.2) is 5.82 Å². The summed E-state index contributed by atoms with van der Waals surface area (Å²) in [5.41, 5.74) is 7.63. The van der Waals surface area contributed by atoms with Crippen LogP contribution in [0.15, 0.2) is 47.3 Å². The van der Waals surface area contributed by atoms with E-state index in [1.807, 2.05) is 0 Å². The average Bonchev–Trinajstić information content (AvgIpc) is 3.17. The maximum Gasteiger partial charge on any atom is 0.159 e. The van der Waals surface area contributed by atoms with Gasteiger partial charge >= 0.3 is 0 Å². The fraction of sp³-hybridized carbons (Fsp3) is 0.143. The van der Waals surface area contributed by atoms with Crippen LogP contribution in [-0.2, 0) is 6.61 Å². The fourth-order valence-electron chi connectivity index (χ4n) is 2.99. The molecule has 3 aromatic heterocycles. The topological polar surface area (TPSA) is 104 Å². The zero-order valence-electron chi connectivity index (χ0n) is 15.9. The first-order valence-electron chi connectivity index (χ1n) is 8.95. The number of nitrogens with zero attached hydrogens (tertiary/aromatic N) is 4. The van der Waals surface area contributed by atoms with E-state index in [2.05, 4.69) is 62.0 Å². The average molecular weight is 405 g/mol. The quantitative estimate of drug-likeness (QED) is 0.342. The molecule has 0 fully saturated rings. The van der Waals surface area contributed by atoms with Gasteiger partial charge < -0.3 is 10.2 Å². The van der Waals surface area contributed by atoms with Crippen molar-refractivity contribution in [1.29, 1.82) is 0 Å². The van der Waals surface area contributed by atoms with Gasteiger partial charge in [0.1, 0.15) is 16.9 Å². The molecule has 0 aliphatic heterocycles. The summed E-state index contributed by atoms with van der Waals surface area (Å²) in [6.07, 6.45) is 4.47. The lowest BCUT2D eigenvalue weighted by atomic mass is 10.0. The van der Waals surface area contributed by atoms with Crippen molar-refractivity contribution in [3.8, 4) is 16.9 Å². The molecule has 0 saturated carbocycles. The number of aromatic hydroxyl groups is 1. The Balaban J connectivity index is 1.71. The van der Waals surface area contributed by atoms with Crippen molar-refractivity contribution in [2.75, 3.05) is 5.43 Å². The summed E-state index contributed by atoms with van der Waals surface area (Å²) in [7, 11) is 0. The van der Waals surface area contributed by atoms with E-state index in [1.54, 1.807) is 18.3 Å². The predicted molar refractivity (Wildman–Crippen MR) is 115 cm³/mol. The summed E-state index contributed by atoms with van der Waals surface area (Å²) in [6.45, 7) is 3.49. The van der Waals surface area contributed by atoms with Gasteiger partial charge in [-0.2, -0.15) is 5.10 Å². The number of hydrogen-bond acceptors (Lipinski definition) is 8. The standard InChI is InChI=1S/C21H19N5O2S/c1-12-3-5-14(6-4-12)17-10-29-21-18(17)20(23-11-24-21)26-25-8-16-15(9-27)7-22-13(2)19(16)28/h3-8,10-11,27-28H,9H2,1-2H3,(H,23,24,26)/b25-8+. The van der Waals surface area contributed by atoms with Gasteiger partial charge in [-0.1, -0.05) is 29.8 Å². The largest absolute Gasteiger partial charge is 0.505 e. The Kier molecular flexibility index (Phi) is 5.20. The number of nitrogens with one attached hydrogen (secondary N) is 1. The van der Waals surface area contributed by atoms with Gasteiger partial charge in [0.2, 0.25) is 0 Å². The lowest BCUT2D eigenvalue weighted by Gasteiger charge is -2.08. The molecule has 0 spiro atoms. The number of aliphatic hydroxyl groups is 1. The van der Waals surface area contributed by atoms with E-state index < -0.39 is 0 Å². The second-order valence-electron chi connectivity index (χ2n) is 6.58. The number of benzene rings is 1. The minimum absolute atomic E-state index is 0.00851. The minimum atomic E-state index is -0.248. The van der Waals surface area contributed by atoms with Crippen LogP contribution in [0.5, 0.6) is 5.75 Å². The molecule has 146 valence electrons. The maximum absolute atomic E-state index is 10.2. The molecule has 1 aromatic carbocycles. The molecule has 0 aliphatic rings. The van der Waals surface area contributed by atoms with Crippen LogP contribution in [0.25, 0.3) is 21.3 Å². The molecule has 0 radical (unpaired) electrons. The molecule has 8 heteroatoms. The summed E-state index contributed by atoms with van der Waals surface area (Å²) in [4.78, 5) is 13.6. The molecule has 0 amide bonds. The van der Waals surface area contributed by atoms with Crippen molar-refractivity contribution < 1.29 is 10.2 Å². The molecule has 29 heavy (non-hydrogen) atoms. The molecule has 0 saturated heterocycles. The van der Waals surface area contributed by atoms with E-state index in [9.17, 15) is 10.2 Å². The van der Waals surface area contributed by atoms with Gasteiger partial charge in [-0.3, -0.25) is 10.4 Å². The molecular weight excluding hydrogens is 386 g/mol. The third kappa shape index (κ3) is 3.67. The number of aromatic nitrogens is 3. The van der Waals surface area contributed by atoms with E-state index in [0.29, 0.717) is 22.6 Å². The maximum atomic E-state index is 10.2. The van der Waals surface area contributed by atoms with E-state index in [-0.39, 0.29) is 12.4 Å². The van der Waals surface area contributed by atoms with Crippen molar-refractivity contribution >= 4 is 33.6 Å². The van der Waals surface area contributed by atoms with Crippen molar-refractivity contribution in [3.63, 3.8) is 0 Å². The lowest BCUT2D eigenvalue weighted by molar-refractivity contribution is 0.280. The molecular formula is C21H19N5O2S. The summed E-state index contributed by atoms with van der Waals surface area (Å²) in [6, 6.07) is 8.28. The Bertz CT molecular complexity index is 1200. The zero-order chi connectivity index (χ0) is 20.4. The normalized spacial score (nSPS) is 11.4. The highest BCUT2D eigenvalue weighted by atomic mass is 32.1. The Hall–Kier alpha value is -3.36. The highest BCUT2D eigenvalue weighted by Gasteiger charge is 2.13. The predicted octanol–water partition coefficient (Wildman–Crippen LogP) is 4.01. The monoisotopic (exact) mass is 405 g/mol. The number of hydrazone groups is 1. The summed E-state index contributed by atoms with van der Waals surface area (Å²) < 4.78 is 0. The van der Waals surface area contributed by atoms with Gasteiger partial charge in [0.25, 0.3) is 0 Å². The van der Waals surface area contributed by atoms with Crippen LogP contribution in [0.1, 0.15) is 22.4 Å². The van der Waals surface area contributed by atoms with Crippen LogP contribution in [0, 0.1) is 13.8 Å². The van der Waals surface area contributed by atoms with Crippen LogP contribution in [0.2, 0.25) is 0 Å². The molecule has 0 aliphatic carbocycles. The zero-order valence-corrected chi connectivity index (χ0v) is 16.7. The number of pyridine rings is 1. The van der Waals surface area contributed by atoms with Crippen molar-refractivity contribution in [2.24, 2.45) is 5.10 Å². The number of aryl methyl sites for hydroxylation is 2. The third-order valence-corrected chi connectivity index (χ3v) is 5.51. The number of hydrogen-bond donors (Lipinski definition) is 3. The third-order valence-electron chi connectivity index (χ3n) is 4.63. The van der Waals surface area contributed by atoms with E-state index in [0.717, 1.165) is 21.3 Å². The Morgan fingerprint density at radius 2 is 1.93 bits per heavy atom. The first-order chi connectivity index (χ1) is 14.1. The first-order valence-corrected chi connectivity index (χ1v) is 9.83. The highest BCUT2D eigenvalue weighted by Crippen LogP contribution is 2.36. The Morgan fingerprint density at radius 3 is 2.69 bits per heavy atom. The van der Waals surface area contributed by atoms with Crippen molar-refractivity contribution in [3.05, 3.63) is 64.6 Å². The van der Waals surface area contributed by atoms with E-state index >= 15 is 0 Å². The Morgan fingerprint density at radius 1 is 1.14 bits per heavy atom. The molecule has 0 atom stereocenters. The van der Waals surface area contributed by atoms with Gasteiger partial charge in [-0.05, 0) is 19.4 Å². The van der Waals surface area contributed by atoms with Gasteiger partial charge in [0.05, 0.1) is 23.9 Å². The van der Waals surface area contributed by atoms with Crippen LogP contribution >= 0.6 is 11.3 Å². The molecule has 4 rings (SSSR count). The van der Waals surface area contributed by atoms with Crippen LogP contribution in [0.3, 0.4) is 0 Å². The Labute approximate surface area is 171 Å². The molecule has 3 heterocycles. The second kappa shape index (κ2) is 7.94. The van der Waals surface area contributed by atoms with E-state index in [1.165, 1.54) is 24.3 Å². The highest BCUT2D eigenvalue weighted by molar-refractivity contribution is 7.17. The lowest BCUT2D eigenvalue weighted by Crippen LogP contribution is -2.00. The van der Waals surface area contributed by atoms with Gasteiger partial charge in [-0.15, -0.1) is 11.3 Å². The van der Waals surface area contributed by atoms with Gasteiger partial charge in [0, 0.05) is 28.3 Å². The number of rotatable bonds is 5. The number of aliphatic hydroxyl groups excluding tert-OH is 1. The summed E-state index contributed by atoms with van der Waals surface area (Å²) in [5.74, 6) is 0.560. The summed E-state index contributed by atoms with van der Waals surface area (Å²) in [5, 5.41) is 26.9. The second-order valence-corrected chi connectivity index (χ2v) is 7.44. The van der Waals surface area contributed by atoms with Crippen molar-refractivity contribution in [1.82, 2.24) is 15.0 Å². The fourth-order valence-corrected chi connectivity index (χ4v) is 3.90. The number of anilines is 1.